The molecule has 0 aliphatic heterocycles. The van der Waals surface area contributed by atoms with Gasteiger partial charge in [0, 0.05) is 33.3 Å². The van der Waals surface area contributed by atoms with Gasteiger partial charge in [-0.05, 0) is 61.6 Å². The lowest BCUT2D eigenvalue weighted by molar-refractivity contribution is 0.0999. The molecule has 0 saturated heterocycles. The summed E-state index contributed by atoms with van der Waals surface area (Å²) in [5.41, 5.74) is 3.32. The van der Waals surface area contributed by atoms with Gasteiger partial charge in [0.25, 0.3) is 0 Å². The van der Waals surface area contributed by atoms with Gasteiger partial charge in [-0.1, -0.05) is 26.0 Å². The Morgan fingerprint density at radius 1 is 0.964 bits per heavy atom. The van der Waals surface area contributed by atoms with E-state index in [1.165, 1.54) is 11.1 Å². The van der Waals surface area contributed by atoms with Gasteiger partial charge in [-0.2, -0.15) is 0 Å². The summed E-state index contributed by atoms with van der Waals surface area (Å²) in [5.74, 6) is 0. The van der Waals surface area contributed by atoms with Crippen molar-refractivity contribution in [3.05, 3.63) is 57.2 Å². The molecule has 0 spiro atoms. The van der Waals surface area contributed by atoms with Crippen LogP contribution in [-0.2, 0) is 24.2 Å². The minimum atomic E-state index is -0.325. The van der Waals surface area contributed by atoms with Crippen LogP contribution in [-0.4, -0.2) is 24.1 Å². The standard InChI is InChI=1S/C23H27NO3S/c1-5-15-11-17(6-2)22-19(12-15)21(25)18-13-16(9-10-20(18)28-22)14-27-23(26)24(7-3)8-4/h9-13H,5-8,14H2,1-4H3. The van der Waals surface area contributed by atoms with Crippen molar-refractivity contribution in [2.75, 3.05) is 13.1 Å². The zero-order chi connectivity index (χ0) is 20.3. The summed E-state index contributed by atoms with van der Waals surface area (Å²) >= 11 is 1.67. The maximum absolute atomic E-state index is 13.2. The van der Waals surface area contributed by atoms with Crippen LogP contribution in [0.4, 0.5) is 4.79 Å². The maximum atomic E-state index is 13.2. The lowest BCUT2D eigenvalue weighted by Crippen LogP contribution is -2.30. The number of rotatable bonds is 6. The van der Waals surface area contributed by atoms with Crippen molar-refractivity contribution in [3.63, 3.8) is 0 Å². The highest BCUT2D eigenvalue weighted by atomic mass is 32.1. The molecular weight excluding hydrogens is 370 g/mol. The van der Waals surface area contributed by atoms with E-state index in [0.717, 1.165) is 33.2 Å². The first-order chi connectivity index (χ1) is 13.5. The van der Waals surface area contributed by atoms with Crippen molar-refractivity contribution in [2.45, 2.75) is 47.1 Å². The van der Waals surface area contributed by atoms with Crippen LogP contribution in [0.25, 0.3) is 20.2 Å². The molecule has 0 fully saturated rings. The number of fused-ring (bicyclic) bond motifs is 2. The highest BCUT2D eigenvalue weighted by molar-refractivity contribution is 7.24. The average molecular weight is 398 g/mol. The first-order valence-electron chi connectivity index (χ1n) is 9.95. The van der Waals surface area contributed by atoms with Crippen molar-refractivity contribution in [1.82, 2.24) is 4.90 Å². The molecular formula is C23H27NO3S. The molecule has 0 N–H and O–H groups in total. The zero-order valence-electron chi connectivity index (χ0n) is 17.0. The summed E-state index contributed by atoms with van der Waals surface area (Å²) in [6.07, 6.45) is 1.49. The Kier molecular flexibility index (Phi) is 6.35. The molecule has 3 aromatic rings. The molecule has 0 atom stereocenters. The smallest absolute Gasteiger partial charge is 0.410 e. The topological polar surface area (TPSA) is 46.6 Å². The Labute approximate surface area is 169 Å². The van der Waals surface area contributed by atoms with Crippen LogP contribution in [0.15, 0.2) is 35.1 Å². The van der Waals surface area contributed by atoms with Crippen molar-refractivity contribution in [1.29, 1.82) is 0 Å². The van der Waals surface area contributed by atoms with Crippen molar-refractivity contribution >= 4 is 37.6 Å². The lowest BCUT2D eigenvalue weighted by atomic mass is 10.0. The Balaban J connectivity index is 2.02. The van der Waals surface area contributed by atoms with Gasteiger partial charge >= 0.3 is 6.09 Å². The molecule has 0 aliphatic rings. The second-order valence-electron chi connectivity index (χ2n) is 6.83. The molecule has 0 saturated carbocycles. The molecule has 2 aromatic carbocycles. The fourth-order valence-corrected chi connectivity index (χ4v) is 4.63. The summed E-state index contributed by atoms with van der Waals surface area (Å²) in [5, 5.41) is 1.50. The fraction of sp³-hybridized carbons (Fsp3) is 0.391. The van der Waals surface area contributed by atoms with E-state index >= 15 is 0 Å². The largest absolute Gasteiger partial charge is 0.445 e. The second kappa shape index (κ2) is 8.74. The van der Waals surface area contributed by atoms with Gasteiger partial charge in [0.1, 0.15) is 6.61 Å². The average Bonchev–Trinajstić information content (AvgIpc) is 2.72. The molecule has 1 heterocycles. The first-order valence-corrected chi connectivity index (χ1v) is 10.8. The Hall–Kier alpha value is -2.40. The number of aryl methyl sites for hydroxylation is 2. The van der Waals surface area contributed by atoms with Crippen LogP contribution in [0.1, 0.15) is 44.4 Å². The van der Waals surface area contributed by atoms with E-state index in [9.17, 15) is 9.59 Å². The number of nitrogens with zero attached hydrogens (tertiary/aromatic N) is 1. The van der Waals surface area contributed by atoms with Crippen LogP contribution in [0.3, 0.4) is 0 Å². The molecule has 1 amide bonds. The monoisotopic (exact) mass is 397 g/mol. The molecule has 148 valence electrons. The number of carbonyl (C=O) groups is 1. The van der Waals surface area contributed by atoms with Gasteiger partial charge in [-0.25, -0.2) is 4.79 Å². The van der Waals surface area contributed by atoms with Gasteiger partial charge in [0.05, 0.1) is 0 Å². The Morgan fingerprint density at radius 3 is 2.32 bits per heavy atom. The third kappa shape index (κ3) is 3.90. The quantitative estimate of drug-likeness (QED) is 0.515. The van der Waals surface area contributed by atoms with Gasteiger partial charge in [0.15, 0.2) is 5.43 Å². The van der Waals surface area contributed by atoms with Gasteiger partial charge < -0.3 is 9.64 Å². The third-order valence-electron chi connectivity index (χ3n) is 5.14. The molecule has 4 nitrogen and oxygen atoms in total. The van der Waals surface area contributed by atoms with Crippen molar-refractivity contribution in [3.8, 4) is 0 Å². The Bertz CT molecular complexity index is 1070. The predicted molar refractivity (Wildman–Crippen MR) is 117 cm³/mol. The predicted octanol–water partition coefficient (Wildman–Crippen LogP) is 5.52. The van der Waals surface area contributed by atoms with Crippen LogP contribution >= 0.6 is 11.3 Å². The number of hydrogen-bond donors (Lipinski definition) is 0. The molecule has 3 rings (SSSR count). The molecule has 0 bridgehead atoms. The molecule has 0 unspecified atom stereocenters. The maximum Gasteiger partial charge on any atom is 0.410 e. The van der Waals surface area contributed by atoms with Gasteiger partial charge in [-0.15, -0.1) is 11.3 Å². The molecule has 1 aromatic heterocycles. The molecule has 0 aliphatic carbocycles. The Morgan fingerprint density at radius 2 is 1.68 bits per heavy atom. The molecule has 5 heteroatoms. The highest BCUT2D eigenvalue weighted by Crippen LogP contribution is 2.30. The van der Waals surface area contributed by atoms with Crippen molar-refractivity contribution < 1.29 is 9.53 Å². The number of carbonyl (C=O) groups excluding carboxylic acids is 1. The summed E-state index contributed by atoms with van der Waals surface area (Å²) in [6, 6.07) is 10.0. The third-order valence-corrected chi connectivity index (χ3v) is 6.41. The van der Waals surface area contributed by atoms with E-state index in [-0.39, 0.29) is 18.1 Å². The van der Waals surface area contributed by atoms with Gasteiger partial charge in [-0.3, -0.25) is 4.79 Å². The summed E-state index contributed by atoms with van der Waals surface area (Å²) in [7, 11) is 0. The van der Waals surface area contributed by atoms with E-state index in [4.69, 9.17) is 4.74 Å². The minimum absolute atomic E-state index is 0.0608. The lowest BCUT2D eigenvalue weighted by Gasteiger charge is -2.18. The van der Waals surface area contributed by atoms with Crippen LogP contribution < -0.4 is 5.43 Å². The van der Waals surface area contributed by atoms with Gasteiger partial charge in [0.2, 0.25) is 0 Å². The van der Waals surface area contributed by atoms with Crippen LogP contribution in [0.2, 0.25) is 0 Å². The summed E-state index contributed by atoms with van der Waals surface area (Å²) in [4.78, 5) is 26.9. The number of amides is 1. The van der Waals surface area contributed by atoms with E-state index in [0.29, 0.717) is 18.5 Å². The SMILES string of the molecule is CCc1cc(CC)c2sc3ccc(COC(=O)N(CC)CC)cc3c(=O)c2c1. The summed E-state index contributed by atoms with van der Waals surface area (Å²) < 4.78 is 7.46. The van der Waals surface area contributed by atoms with E-state index < -0.39 is 0 Å². The molecule has 28 heavy (non-hydrogen) atoms. The highest BCUT2D eigenvalue weighted by Gasteiger charge is 2.13. The number of ether oxygens (including phenoxy) is 1. The number of benzene rings is 2. The van der Waals surface area contributed by atoms with E-state index in [2.05, 4.69) is 19.9 Å². The van der Waals surface area contributed by atoms with Crippen LogP contribution in [0, 0.1) is 0 Å². The zero-order valence-corrected chi connectivity index (χ0v) is 17.8. The second-order valence-corrected chi connectivity index (χ2v) is 7.88. The minimum Gasteiger partial charge on any atom is -0.445 e. The molecule has 0 radical (unpaired) electrons. The fourth-order valence-electron chi connectivity index (χ4n) is 3.42. The van der Waals surface area contributed by atoms with Crippen LogP contribution in [0.5, 0.6) is 0 Å². The van der Waals surface area contributed by atoms with Crippen molar-refractivity contribution in [2.24, 2.45) is 0 Å². The first kappa shape index (κ1) is 20.3. The normalized spacial score (nSPS) is 11.1. The van der Waals surface area contributed by atoms with E-state index in [1.807, 2.05) is 38.1 Å². The number of hydrogen-bond acceptors (Lipinski definition) is 4. The summed E-state index contributed by atoms with van der Waals surface area (Å²) in [6.45, 7) is 9.48. The van der Waals surface area contributed by atoms with E-state index in [1.54, 1.807) is 16.2 Å².